The molecule has 538 valence electrons. The van der Waals surface area contributed by atoms with Crippen molar-refractivity contribution in [2.45, 2.75) is 268 Å². The van der Waals surface area contributed by atoms with Gasteiger partial charge in [0.1, 0.15) is 0 Å². The highest BCUT2D eigenvalue weighted by atomic mass is 19.3. The summed E-state index contributed by atoms with van der Waals surface area (Å²) in [7, 11) is 0. The summed E-state index contributed by atoms with van der Waals surface area (Å²) < 4.78 is 99.0. The maximum Gasteiger partial charge on any atom is 0.264 e. The van der Waals surface area contributed by atoms with Gasteiger partial charge in [-0.05, 0) is 183 Å². The number of alkyl halides is 6. The largest absolute Gasteiger partial charge is 0.381 e. The predicted molar refractivity (Wildman–Crippen MR) is 372 cm³/mol. The van der Waals surface area contributed by atoms with Crippen LogP contribution in [0.4, 0.5) is 26.3 Å². The van der Waals surface area contributed by atoms with Crippen LogP contribution in [0.15, 0.2) is 0 Å². The molecule has 0 amide bonds. The second kappa shape index (κ2) is 48.9. The summed E-state index contributed by atoms with van der Waals surface area (Å²) >= 11 is 0. The number of hydrogen-bond acceptors (Lipinski definition) is 7. The maximum absolute atomic E-state index is 13.1. The highest BCUT2D eigenvalue weighted by molar-refractivity contribution is 4.90. The summed E-state index contributed by atoms with van der Waals surface area (Å²) in [4.78, 5) is 0. The number of nitrogens with one attached hydrogen (secondary N) is 3. The maximum atomic E-state index is 13.1. The van der Waals surface area contributed by atoms with Gasteiger partial charge in [-0.3, -0.25) is 0 Å². The van der Waals surface area contributed by atoms with E-state index in [4.69, 9.17) is 18.9 Å². The lowest BCUT2D eigenvalue weighted by molar-refractivity contribution is -0.0938. The van der Waals surface area contributed by atoms with Gasteiger partial charge in [0, 0.05) is 96.7 Å². The van der Waals surface area contributed by atoms with Crippen molar-refractivity contribution in [3.8, 4) is 0 Å². The van der Waals surface area contributed by atoms with Gasteiger partial charge in [-0.15, -0.1) is 0 Å². The van der Waals surface area contributed by atoms with Crippen LogP contribution < -0.4 is 16.0 Å². The molecule has 8 fully saturated rings. The predicted octanol–water partition coefficient (Wildman–Crippen LogP) is 21.1. The third-order valence-corrected chi connectivity index (χ3v) is 21.2. The molecule has 0 aromatic rings. The van der Waals surface area contributed by atoms with E-state index in [1.807, 2.05) is 41.5 Å². The lowest BCUT2D eigenvalue weighted by atomic mass is 9.80. The number of piperidine rings is 2. The topological polar surface area (TPSA) is 73.0 Å². The molecule has 89 heavy (non-hydrogen) atoms. The van der Waals surface area contributed by atoms with E-state index in [0.29, 0.717) is 26.1 Å². The Bertz CT molecular complexity index is 1510. The normalized spacial score (nSPS) is 25.7. The summed E-state index contributed by atoms with van der Waals surface area (Å²) in [5, 5.41) is 8.40. The van der Waals surface area contributed by atoms with Crippen LogP contribution in [-0.2, 0) is 18.9 Å². The van der Waals surface area contributed by atoms with Gasteiger partial charge in [0.15, 0.2) is 0 Å². The van der Waals surface area contributed by atoms with Crippen LogP contribution in [0.1, 0.15) is 251 Å². The number of halogens is 6. The first-order valence-electron chi connectivity index (χ1n) is 36.8. The molecule has 1 saturated carbocycles. The Morgan fingerprint density at radius 1 is 0.292 bits per heavy atom. The molecule has 7 atom stereocenters. The molecule has 1 aliphatic carbocycles. The van der Waals surface area contributed by atoms with E-state index >= 15 is 0 Å². The molecule has 0 spiro atoms. The second-order valence-electron chi connectivity index (χ2n) is 32.1. The van der Waals surface area contributed by atoms with Crippen molar-refractivity contribution in [2.24, 2.45) is 130 Å². The van der Waals surface area contributed by atoms with Crippen LogP contribution in [0.5, 0.6) is 0 Å². The van der Waals surface area contributed by atoms with Crippen LogP contribution in [0.3, 0.4) is 0 Å². The molecule has 8 rings (SSSR count). The molecule has 8 aliphatic rings. The molecule has 7 unspecified atom stereocenters. The van der Waals surface area contributed by atoms with Crippen molar-refractivity contribution in [2.75, 3.05) is 92.1 Å². The zero-order chi connectivity index (χ0) is 68.8. The van der Waals surface area contributed by atoms with Gasteiger partial charge >= 0.3 is 0 Å². The zero-order valence-corrected chi connectivity index (χ0v) is 63.3. The minimum atomic E-state index is -2.49. The van der Waals surface area contributed by atoms with Gasteiger partial charge in [0.25, 0.3) is 17.8 Å². The average molecular weight is 1290 g/mol. The Balaban J connectivity index is 0. The Morgan fingerprint density at radius 2 is 0.629 bits per heavy atom. The van der Waals surface area contributed by atoms with Gasteiger partial charge in [-0.2, -0.15) is 0 Å². The van der Waals surface area contributed by atoms with E-state index < -0.39 is 35.5 Å². The Morgan fingerprint density at radius 3 is 0.876 bits per heavy atom. The van der Waals surface area contributed by atoms with Gasteiger partial charge in [0.2, 0.25) is 0 Å². The first kappa shape index (κ1) is 90.4. The summed E-state index contributed by atoms with van der Waals surface area (Å²) in [5.74, 6) is 5.55. The summed E-state index contributed by atoms with van der Waals surface area (Å²) in [5.41, 5.74) is 0. The highest BCUT2D eigenvalue weighted by Crippen LogP contribution is 2.40. The first-order chi connectivity index (χ1) is 41.2. The van der Waals surface area contributed by atoms with E-state index in [-0.39, 0.29) is 37.3 Å². The third kappa shape index (κ3) is 42.5. The zero-order valence-electron chi connectivity index (χ0n) is 63.3. The fourth-order valence-corrected chi connectivity index (χ4v) is 11.3. The Kier molecular flexibility index (Phi) is 49.7. The van der Waals surface area contributed by atoms with Crippen molar-refractivity contribution in [3.05, 3.63) is 0 Å². The molecular weight excluding hydrogens is 1130 g/mol. The van der Waals surface area contributed by atoms with Gasteiger partial charge in [-0.25, -0.2) is 26.3 Å². The minimum Gasteiger partial charge on any atom is -0.381 e. The van der Waals surface area contributed by atoms with E-state index in [2.05, 4.69) is 154 Å². The smallest absolute Gasteiger partial charge is 0.264 e. The fraction of sp³-hybridized carbons (Fsp3) is 1.00. The monoisotopic (exact) mass is 1290 g/mol. The van der Waals surface area contributed by atoms with Crippen molar-refractivity contribution in [1.82, 2.24) is 16.0 Å². The highest BCUT2D eigenvalue weighted by Gasteiger charge is 2.46. The second-order valence-corrected chi connectivity index (χ2v) is 32.1. The minimum absolute atomic E-state index is 0.00412. The van der Waals surface area contributed by atoms with E-state index in [1.54, 1.807) is 0 Å². The van der Waals surface area contributed by atoms with Crippen molar-refractivity contribution >= 4 is 0 Å². The SMILES string of the molecule is CC(C)C(C)C.CC(C)C(C)C.CC(C)C(C)C1CC1.CC(C)C(C)C1CCOCC1.CC(C)C1CCCOC1.CC(C)C1CCNCC1(F)F.CC(C)C1CCOC1.CC(C)C1CCOCC1.CC(C)C1CNCC1(F)F.CC(C)C1CNCCC1(F)F. The van der Waals surface area contributed by atoms with Gasteiger partial charge in [-0.1, -0.05) is 180 Å². The van der Waals surface area contributed by atoms with Gasteiger partial charge < -0.3 is 34.9 Å². The first-order valence-corrected chi connectivity index (χ1v) is 36.8. The van der Waals surface area contributed by atoms with Gasteiger partial charge in [0.05, 0.1) is 13.1 Å². The number of hydrogen-bond donors (Lipinski definition) is 3. The van der Waals surface area contributed by atoms with Crippen LogP contribution >= 0.6 is 0 Å². The van der Waals surface area contributed by atoms with Crippen molar-refractivity contribution < 1.29 is 45.3 Å². The summed E-state index contributed by atoms with van der Waals surface area (Å²) in [6.07, 6.45) is 12.6. The van der Waals surface area contributed by atoms with Crippen LogP contribution in [0.25, 0.3) is 0 Å². The molecule has 0 aromatic heterocycles. The average Bonchev–Trinajstić information content (AvgIpc) is 4.21. The number of rotatable bonds is 12. The Hall–Kier alpha value is -0.700. The van der Waals surface area contributed by atoms with E-state index in [9.17, 15) is 26.3 Å². The molecular formula is C76H153F6N3O4. The molecule has 0 radical (unpaired) electrons. The summed E-state index contributed by atoms with van der Waals surface area (Å²) in [6.45, 7) is 66.5. The fourth-order valence-electron chi connectivity index (χ4n) is 11.3. The molecule has 7 aliphatic heterocycles. The van der Waals surface area contributed by atoms with Crippen molar-refractivity contribution in [3.63, 3.8) is 0 Å². The van der Waals surface area contributed by atoms with E-state index in [0.717, 1.165) is 154 Å². The van der Waals surface area contributed by atoms with Crippen LogP contribution in [-0.4, -0.2) is 110 Å². The number of ether oxygens (including phenoxy) is 4. The molecule has 13 heteroatoms. The molecule has 3 N–H and O–H groups in total. The van der Waals surface area contributed by atoms with Crippen LogP contribution in [0, 0.1) is 130 Å². The summed E-state index contributed by atoms with van der Waals surface area (Å²) in [6, 6.07) is 0. The molecule has 0 aromatic carbocycles. The standard InChI is InChI=1S/C10H20O.2C8H15F2N.2C8H16O.C8H16.C7H13F2N.C7H14O.2C6H14/c1-8(2)9(3)10-4-6-11-7-5-10;1-6(2)7-5-11-4-3-8(7,9)10;1-6(2)7-3-4-11-5-8(7,9)10;1-7(2)8-3-5-9-6-4-8;1-7(2)8-4-3-5-9-6-8;1-6(2)7(3)8-4-5-8;1-5(2)6-3-10-4-7(6,8)9;1-6(2)7-3-4-8-5-7;2*1-5(2)6(3)4/h8-10H,4-7H2,1-3H3;2*6-7,11H,3-5H2,1-2H3;2*7-8H,3-6H2,1-2H3;6-8H,4-5H2,1-3H3;5-6,10H,3-4H2,1-2H3;6-7H,3-5H2,1-2H3;2*5-6H,1-4H3. The molecule has 7 nitrogen and oxygen atoms in total. The molecule has 7 saturated heterocycles. The Labute approximate surface area is 549 Å². The van der Waals surface area contributed by atoms with Crippen molar-refractivity contribution in [1.29, 1.82) is 0 Å². The lowest BCUT2D eigenvalue weighted by Gasteiger charge is -2.34. The van der Waals surface area contributed by atoms with Crippen LogP contribution in [0.2, 0.25) is 0 Å². The van der Waals surface area contributed by atoms with E-state index in [1.165, 1.54) is 57.8 Å². The molecule has 0 bridgehead atoms. The quantitative estimate of drug-likeness (QED) is 0.168. The third-order valence-electron chi connectivity index (χ3n) is 21.2. The lowest BCUT2D eigenvalue weighted by Crippen LogP contribution is -2.47. The molecule has 7 heterocycles.